The van der Waals surface area contributed by atoms with Crippen molar-refractivity contribution in [3.05, 3.63) is 58.7 Å². The van der Waals surface area contributed by atoms with Crippen molar-refractivity contribution in [2.24, 2.45) is 0 Å². The molecule has 0 heterocycles. The molecule has 0 atom stereocenters. The lowest BCUT2D eigenvalue weighted by Crippen LogP contribution is -1.88. The Bertz CT molecular complexity index is 697. The molecule has 0 saturated heterocycles. The van der Waals surface area contributed by atoms with Gasteiger partial charge in [0.25, 0.3) is 0 Å². The molecule has 0 aliphatic rings. The summed E-state index contributed by atoms with van der Waals surface area (Å²) in [6, 6.07) is 13.6. The second kappa shape index (κ2) is 3.84. The van der Waals surface area contributed by atoms with E-state index in [4.69, 9.17) is 0 Å². The van der Waals surface area contributed by atoms with Crippen molar-refractivity contribution in [1.82, 2.24) is 0 Å². The van der Waals surface area contributed by atoms with Gasteiger partial charge in [-0.05, 0) is 60.4 Å². The average molecular weight is 234 g/mol. The zero-order valence-electron chi connectivity index (χ0n) is 11.5. The van der Waals surface area contributed by atoms with Gasteiger partial charge in [0.15, 0.2) is 0 Å². The number of hydrogen-bond donors (Lipinski definition) is 0. The van der Waals surface area contributed by atoms with Crippen LogP contribution in [0, 0.1) is 27.7 Å². The fourth-order valence-electron chi connectivity index (χ4n) is 3.13. The summed E-state index contributed by atoms with van der Waals surface area (Å²) in [5.74, 6) is 0. The van der Waals surface area contributed by atoms with E-state index in [2.05, 4.69) is 64.1 Å². The van der Waals surface area contributed by atoms with E-state index in [1.807, 2.05) is 0 Å². The summed E-state index contributed by atoms with van der Waals surface area (Å²) in [6.45, 7) is 8.76. The highest BCUT2D eigenvalue weighted by Crippen LogP contribution is 2.32. The third-order valence-electron chi connectivity index (χ3n) is 3.71. The van der Waals surface area contributed by atoms with Crippen molar-refractivity contribution in [2.75, 3.05) is 0 Å². The molecule has 0 fully saturated rings. The van der Waals surface area contributed by atoms with Gasteiger partial charge in [-0.25, -0.2) is 0 Å². The molecule has 90 valence electrons. The number of benzene rings is 3. The van der Waals surface area contributed by atoms with Crippen LogP contribution in [0.5, 0.6) is 0 Å². The third kappa shape index (κ3) is 1.60. The molecule has 0 N–H and O–H groups in total. The first-order valence-corrected chi connectivity index (χ1v) is 6.47. The maximum absolute atomic E-state index is 2.28. The molecule has 18 heavy (non-hydrogen) atoms. The topological polar surface area (TPSA) is 0 Å². The first-order valence-electron chi connectivity index (χ1n) is 6.47. The summed E-state index contributed by atoms with van der Waals surface area (Å²) in [7, 11) is 0. The van der Waals surface area contributed by atoms with Gasteiger partial charge in [-0.2, -0.15) is 0 Å². The van der Waals surface area contributed by atoms with E-state index in [1.54, 1.807) is 0 Å². The second-order valence-electron chi connectivity index (χ2n) is 5.43. The van der Waals surface area contributed by atoms with E-state index in [9.17, 15) is 0 Å². The Morgan fingerprint density at radius 2 is 0.944 bits per heavy atom. The van der Waals surface area contributed by atoms with E-state index in [0.717, 1.165) is 0 Å². The number of hydrogen-bond acceptors (Lipinski definition) is 0. The van der Waals surface area contributed by atoms with Crippen molar-refractivity contribution in [3.63, 3.8) is 0 Å². The van der Waals surface area contributed by atoms with Gasteiger partial charge in [-0.15, -0.1) is 0 Å². The van der Waals surface area contributed by atoms with Crippen LogP contribution in [-0.4, -0.2) is 0 Å². The smallest absolute Gasteiger partial charge is 0.00733 e. The normalized spacial score (nSPS) is 11.3. The summed E-state index contributed by atoms with van der Waals surface area (Å²) in [5, 5.41) is 5.53. The fourth-order valence-corrected chi connectivity index (χ4v) is 3.13. The molecular formula is C18H18. The van der Waals surface area contributed by atoms with E-state index in [1.165, 1.54) is 43.8 Å². The summed E-state index contributed by atoms with van der Waals surface area (Å²) < 4.78 is 0. The Balaban J connectivity index is 2.61. The van der Waals surface area contributed by atoms with Gasteiger partial charge in [0.05, 0.1) is 0 Å². The van der Waals surface area contributed by atoms with Gasteiger partial charge in [-0.1, -0.05) is 47.5 Å². The SMILES string of the molecule is Cc1cc(C)c2c(ccc3cc(C)cc(C)c32)c1. The lowest BCUT2D eigenvalue weighted by Gasteiger charge is -2.11. The fraction of sp³-hybridized carbons (Fsp3) is 0.222. The molecule has 3 aromatic carbocycles. The maximum atomic E-state index is 2.28. The molecule has 0 spiro atoms. The number of aryl methyl sites for hydroxylation is 4. The molecular weight excluding hydrogens is 216 g/mol. The summed E-state index contributed by atoms with van der Waals surface area (Å²) in [4.78, 5) is 0. The molecule has 0 unspecified atom stereocenters. The molecule has 0 amide bonds. The van der Waals surface area contributed by atoms with Gasteiger partial charge in [0.2, 0.25) is 0 Å². The Morgan fingerprint density at radius 3 is 1.33 bits per heavy atom. The molecule has 0 saturated carbocycles. The van der Waals surface area contributed by atoms with Gasteiger partial charge in [-0.3, -0.25) is 0 Å². The Morgan fingerprint density at radius 1 is 0.556 bits per heavy atom. The van der Waals surface area contributed by atoms with E-state index < -0.39 is 0 Å². The third-order valence-corrected chi connectivity index (χ3v) is 3.71. The molecule has 0 aliphatic heterocycles. The van der Waals surface area contributed by atoms with E-state index in [0.29, 0.717) is 0 Å². The molecule has 0 nitrogen and oxygen atoms in total. The van der Waals surface area contributed by atoms with Gasteiger partial charge < -0.3 is 0 Å². The molecule has 0 aliphatic carbocycles. The molecule has 0 bridgehead atoms. The summed E-state index contributed by atoms with van der Waals surface area (Å²) >= 11 is 0. The van der Waals surface area contributed by atoms with Gasteiger partial charge in [0, 0.05) is 0 Å². The van der Waals surface area contributed by atoms with Crippen LogP contribution in [0.15, 0.2) is 36.4 Å². The van der Waals surface area contributed by atoms with Crippen LogP contribution in [0.4, 0.5) is 0 Å². The Labute approximate surface area is 108 Å². The second-order valence-corrected chi connectivity index (χ2v) is 5.43. The zero-order chi connectivity index (χ0) is 12.9. The zero-order valence-corrected chi connectivity index (χ0v) is 11.5. The van der Waals surface area contributed by atoms with E-state index >= 15 is 0 Å². The number of rotatable bonds is 0. The van der Waals surface area contributed by atoms with Crippen molar-refractivity contribution in [1.29, 1.82) is 0 Å². The van der Waals surface area contributed by atoms with Gasteiger partial charge >= 0.3 is 0 Å². The first kappa shape index (κ1) is 11.3. The minimum absolute atomic E-state index is 1.34. The van der Waals surface area contributed by atoms with E-state index in [-0.39, 0.29) is 0 Å². The van der Waals surface area contributed by atoms with Crippen molar-refractivity contribution in [3.8, 4) is 0 Å². The maximum Gasteiger partial charge on any atom is -0.00733 e. The molecule has 0 aromatic heterocycles. The highest BCUT2D eigenvalue weighted by Gasteiger charge is 2.07. The summed E-state index contributed by atoms with van der Waals surface area (Å²) in [5.41, 5.74) is 5.43. The molecule has 3 aromatic rings. The minimum Gasteiger partial charge on any atom is -0.0557 e. The number of fused-ring (bicyclic) bond motifs is 3. The molecule has 0 heteroatoms. The van der Waals surface area contributed by atoms with Crippen LogP contribution < -0.4 is 0 Å². The predicted octanol–water partition coefficient (Wildman–Crippen LogP) is 5.23. The Hall–Kier alpha value is -1.82. The van der Waals surface area contributed by atoms with Crippen LogP contribution in [0.2, 0.25) is 0 Å². The van der Waals surface area contributed by atoms with Crippen LogP contribution in [0.1, 0.15) is 22.3 Å². The van der Waals surface area contributed by atoms with Crippen LogP contribution in [0.25, 0.3) is 21.5 Å². The largest absolute Gasteiger partial charge is 0.0557 e. The van der Waals surface area contributed by atoms with Crippen molar-refractivity contribution >= 4 is 21.5 Å². The van der Waals surface area contributed by atoms with Crippen molar-refractivity contribution < 1.29 is 0 Å². The standard InChI is InChI=1S/C18H18/c1-11-7-13(3)17-15(9-11)5-6-16-10-12(2)8-14(4)18(16)17/h5-10H,1-4H3. The summed E-state index contributed by atoms with van der Waals surface area (Å²) in [6.07, 6.45) is 0. The van der Waals surface area contributed by atoms with Crippen LogP contribution >= 0.6 is 0 Å². The van der Waals surface area contributed by atoms with Crippen molar-refractivity contribution in [2.45, 2.75) is 27.7 Å². The first-order chi connectivity index (χ1) is 8.56. The Kier molecular flexibility index (Phi) is 2.41. The monoisotopic (exact) mass is 234 g/mol. The highest BCUT2D eigenvalue weighted by atomic mass is 14.1. The minimum atomic E-state index is 1.34. The lowest BCUT2D eigenvalue weighted by molar-refractivity contribution is 1.41. The predicted molar refractivity (Wildman–Crippen MR) is 80.4 cm³/mol. The van der Waals surface area contributed by atoms with Crippen LogP contribution in [0.3, 0.4) is 0 Å². The molecule has 0 radical (unpaired) electrons. The van der Waals surface area contributed by atoms with Crippen LogP contribution in [-0.2, 0) is 0 Å². The quantitative estimate of drug-likeness (QED) is 0.467. The van der Waals surface area contributed by atoms with Gasteiger partial charge in [0.1, 0.15) is 0 Å². The lowest BCUT2D eigenvalue weighted by atomic mass is 9.93. The highest BCUT2D eigenvalue weighted by molar-refractivity contribution is 6.10. The average Bonchev–Trinajstić information content (AvgIpc) is 2.28. The molecule has 3 rings (SSSR count).